The number of nitriles is 1. The van der Waals surface area contributed by atoms with Crippen molar-refractivity contribution < 1.29 is 19.1 Å². The minimum absolute atomic E-state index is 0.0849. The van der Waals surface area contributed by atoms with Crippen molar-refractivity contribution in [2.45, 2.75) is 25.9 Å². The maximum Gasteiger partial charge on any atom is 0.312 e. The van der Waals surface area contributed by atoms with E-state index in [4.69, 9.17) is 10.00 Å². The van der Waals surface area contributed by atoms with Crippen molar-refractivity contribution in [2.24, 2.45) is 5.92 Å². The van der Waals surface area contributed by atoms with E-state index in [2.05, 4.69) is 5.32 Å². The Morgan fingerprint density at radius 2 is 2.00 bits per heavy atom. The molecule has 2 aromatic carbocycles. The molecular weight excluding hydrogens is 382 g/mol. The summed E-state index contributed by atoms with van der Waals surface area (Å²) in [4.78, 5) is 38.7. The molecule has 2 atom stereocenters. The highest BCUT2D eigenvalue weighted by Crippen LogP contribution is 2.20. The first-order chi connectivity index (χ1) is 14.5. The molecule has 30 heavy (non-hydrogen) atoms. The molecule has 0 saturated carbocycles. The standard InChI is InChI=1S/C23H23N3O4/c1-16(22(28)25-20-9-5-8-18(12-20)14-24)30-23(29)19-13-21(27)26(15-19)11-10-17-6-3-2-4-7-17/h2-9,12,16,19H,10-11,13,15H2,1H3,(H,25,28)/t16-,19+/m1/s1. The smallest absolute Gasteiger partial charge is 0.312 e. The number of amides is 2. The molecule has 1 aliphatic heterocycles. The number of ether oxygens (including phenoxy) is 1. The summed E-state index contributed by atoms with van der Waals surface area (Å²) in [5.74, 6) is -1.72. The van der Waals surface area contributed by atoms with E-state index in [0.29, 0.717) is 24.3 Å². The van der Waals surface area contributed by atoms with E-state index in [1.807, 2.05) is 36.4 Å². The van der Waals surface area contributed by atoms with Crippen molar-refractivity contribution in [3.05, 3.63) is 65.7 Å². The highest BCUT2D eigenvalue weighted by atomic mass is 16.5. The molecule has 1 N–H and O–H groups in total. The van der Waals surface area contributed by atoms with Gasteiger partial charge in [0.2, 0.25) is 5.91 Å². The van der Waals surface area contributed by atoms with E-state index in [0.717, 1.165) is 12.0 Å². The summed E-state index contributed by atoms with van der Waals surface area (Å²) in [5, 5.41) is 11.6. The first-order valence-corrected chi connectivity index (χ1v) is 9.79. The Morgan fingerprint density at radius 3 is 2.73 bits per heavy atom. The molecule has 0 spiro atoms. The van der Waals surface area contributed by atoms with Gasteiger partial charge < -0.3 is 15.0 Å². The maximum atomic E-state index is 12.5. The molecule has 0 bridgehead atoms. The summed E-state index contributed by atoms with van der Waals surface area (Å²) >= 11 is 0. The van der Waals surface area contributed by atoms with Crippen LogP contribution in [0.25, 0.3) is 0 Å². The summed E-state index contributed by atoms with van der Waals surface area (Å²) < 4.78 is 5.29. The van der Waals surface area contributed by atoms with Crippen LogP contribution in [0.1, 0.15) is 24.5 Å². The predicted octanol–water partition coefficient (Wildman–Crippen LogP) is 2.52. The van der Waals surface area contributed by atoms with Crippen molar-refractivity contribution >= 4 is 23.5 Å². The fourth-order valence-electron chi connectivity index (χ4n) is 3.29. The molecule has 7 heteroatoms. The molecule has 154 valence electrons. The van der Waals surface area contributed by atoms with Crippen molar-refractivity contribution in [3.8, 4) is 6.07 Å². The number of hydrogen-bond donors (Lipinski definition) is 1. The van der Waals surface area contributed by atoms with Gasteiger partial charge in [-0.2, -0.15) is 5.26 Å². The van der Waals surface area contributed by atoms with Crippen molar-refractivity contribution in [2.75, 3.05) is 18.4 Å². The molecule has 1 fully saturated rings. The molecule has 0 unspecified atom stereocenters. The van der Waals surface area contributed by atoms with Crippen LogP contribution in [-0.2, 0) is 25.5 Å². The average Bonchev–Trinajstić information content (AvgIpc) is 3.13. The van der Waals surface area contributed by atoms with Crippen LogP contribution in [0.15, 0.2) is 54.6 Å². The summed E-state index contributed by atoms with van der Waals surface area (Å²) in [6.07, 6.45) is -0.210. The average molecular weight is 405 g/mol. The van der Waals surface area contributed by atoms with Gasteiger partial charge in [-0.05, 0) is 37.1 Å². The number of rotatable bonds is 7. The lowest BCUT2D eigenvalue weighted by molar-refractivity contribution is -0.157. The fourth-order valence-corrected chi connectivity index (χ4v) is 3.29. The summed E-state index contributed by atoms with van der Waals surface area (Å²) in [6, 6.07) is 18.3. The Kier molecular flexibility index (Phi) is 6.81. The van der Waals surface area contributed by atoms with Crippen LogP contribution in [0.4, 0.5) is 5.69 Å². The van der Waals surface area contributed by atoms with Crippen LogP contribution in [0.3, 0.4) is 0 Å². The molecule has 1 aliphatic rings. The van der Waals surface area contributed by atoms with Gasteiger partial charge in [0.25, 0.3) is 5.91 Å². The third-order valence-electron chi connectivity index (χ3n) is 4.98. The second-order valence-electron chi connectivity index (χ2n) is 7.24. The van der Waals surface area contributed by atoms with E-state index < -0.39 is 23.9 Å². The summed E-state index contributed by atoms with van der Waals surface area (Å²) in [5.41, 5.74) is 1.99. The Bertz CT molecular complexity index is 968. The molecule has 1 saturated heterocycles. The van der Waals surface area contributed by atoms with Gasteiger partial charge in [0, 0.05) is 25.2 Å². The fraction of sp³-hybridized carbons (Fsp3) is 0.304. The zero-order chi connectivity index (χ0) is 21.5. The second-order valence-corrected chi connectivity index (χ2v) is 7.24. The number of nitrogens with one attached hydrogen (secondary N) is 1. The van der Waals surface area contributed by atoms with Gasteiger partial charge in [0.15, 0.2) is 6.10 Å². The molecule has 3 rings (SSSR count). The lowest BCUT2D eigenvalue weighted by atomic mass is 10.1. The van der Waals surface area contributed by atoms with Gasteiger partial charge in [-0.15, -0.1) is 0 Å². The Labute approximate surface area is 175 Å². The SMILES string of the molecule is C[C@@H](OC(=O)[C@H]1CC(=O)N(CCc2ccccc2)C1)C(=O)Nc1cccc(C#N)c1. The molecule has 2 amide bonds. The third kappa shape index (κ3) is 5.45. The lowest BCUT2D eigenvalue weighted by Gasteiger charge is -2.18. The zero-order valence-corrected chi connectivity index (χ0v) is 16.7. The van der Waals surface area contributed by atoms with Gasteiger partial charge >= 0.3 is 5.97 Å². The van der Waals surface area contributed by atoms with E-state index in [-0.39, 0.29) is 12.3 Å². The van der Waals surface area contributed by atoms with Crippen LogP contribution >= 0.6 is 0 Å². The van der Waals surface area contributed by atoms with Crippen molar-refractivity contribution in [1.82, 2.24) is 4.90 Å². The first kappa shape index (κ1) is 21.1. The summed E-state index contributed by atoms with van der Waals surface area (Å²) in [7, 11) is 0. The van der Waals surface area contributed by atoms with E-state index >= 15 is 0 Å². The third-order valence-corrected chi connectivity index (χ3v) is 4.98. The Hall–Kier alpha value is -3.66. The number of anilines is 1. The number of benzene rings is 2. The topological polar surface area (TPSA) is 99.5 Å². The van der Waals surface area contributed by atoms with Crippen LogP contribution in [-0.4, -0.2) is 41.9 Å². The number of nitrogens with zero attached hydrogens (tertiary/aromatic N) is 2. The van der Waals surface area contributed by atoms with Gasteiger partial charge in [-0.25, -0.2) is 0 Å². The molecule has 2 aromatic rings. The van der Waals surface area contributed by atoms with Crippen molar-refractivity contribution in [3.63, 3.8) is 0 Å². The van der Waals surface area contributed by atoms with Gasteiger partial charge in [0.1, 0.15) is 0 Å². The largest absolute Gasteiger partial charge is 0.452 e. The highest BCUT2D eigenvalue weighted by molar-refractivity contribution is 5.95. The molecule has 7 nitrogen and oxygen atoms in total. The molecule has 0 aliphatic carbocycles. The van der Waals surface area contributed by atoms with Crippen LogP contribution in [0.2, 0.25) is 0 Å². The van der Waals surface area contributed by atoms with Gasteiger partial charge in [0.05, 0.1) is 17.6 Å². The molecular formula is C23H23N3O4. The number of hydrogen-bond acceptors (Lipinski definition) is 5. The zero-order valence-electron chi connectivity index (χ0n) is 16.7. The second kappa shape index (κ2) is 9.70. The van der Waals surface area contributed by atoms with E-state index in [1.165, 1.54) is 13.0 Å². The highest BCUT2D eigenvalue weighted by Gasteiger charge is 2.36. The maximum absolute atomic E-state index is 12.5. The number of carbonyl (C=O) groups is 3. The van der Waals surface area contributed by atoms with E-state index in [9.17, 15) is 14.4 Å². The predicted molar refractivity (Wildman–Crippen MR) is 110 cm³/mol. The Balaban J connectivity index is 1.49. The summed E-state index contributed by atoms with van der Waals surface area (Å²) in [6.45, 7) is 2.31. The van der Waals surface area contributed by atoms with Crippen LogP contribution in [0.5, 0.6) is 0 Å². The lowest BCUT2D eigenvalue weighted by Crippen LogP contribution is -2.33. The van der Waals surface area contributed by atoms with Gasteiger partial charge in [-0.1, -0.05) is 36.4 Å². The molecule has 0 radical (unpaired) electrons. The minimum Gasteiger partial charge on any atom is -0.452 e. The number of likely N-dealkylation sites (tertiary alicyclic amines) is 1. The quantitative estimate of drug-likeness (QED) is 0.714. The van der Waals surface area contributed by atoms with Crippen molar-refractivity contribution in [1.29, 1.82) is 5.26 Å². The van der Waals surface area contributed by atoms with Crippen LogP contribution in [0, 0.1) is 17.2 Å². The number of carbonyl (C=O) groups excluding carboxylic acids is 3. The Morgan fingerprint density at radius 1 is 1.23 bits per heavy atom. The number of esters is 1. The monoisotopic (exact) mass is 405 g/mol. The minimum atomic E-state index is -1.02. The van der Waals surface area contributed by atoms with Crippen LogP contribution < -0.4 is 5.32 Å². The first-order valence-electron chi connectivity index (χ1n) is 9.79. The van der Waals surface area contributed by atoms with Gasteiger partial charge in [-0.3, -0.25) is 14.4 Å². The normalized spacial score (nSPS) is 16.6. The molecule has 0 aromatic heterocycles. The molecule has 1 heterocycles. The van der Waals surface area contributed by atoms with E-state index in [1.54, 1.807) is 23.1 Å².